The van der Waals surface area contributed by atoms with Crippen LogP contribution in [-0.2, 0) is 6.42 Å². The molecular formula is C17H22FNO. The minimum Gasteiger partial charge on any atom is -0.494 e. The minimum atomic E-state index is -0.347. The molecular weight excluding hydrogens is 253 g/mol. The molecule has 0 unspecified atom stereocenters. The lowest BCUT2D eigenvalue weighted by Gasteiger charge is -2.34. The van der Waals surface area contributed by atoms with E-state index in [1.165, 1.54) is 19.6 Å². The van der Waals surface area contributed by atoms with Crippen LogP contribution in [0, 0.1) is 28.5 Å². The van der Waals surface area contributed by atoms with Gasteiger partial charge in [-0.25, -0.2) is 4.39 Å². The van der Waals surface area contributed by atoms with Crippen LogP contribution in [0.2, 0.25) is 0 Å². The van der Waals surface area contributed by atoms with Crippen LogP contribution in [0.1, 0.15) is 44.6 Å². The van der Waals surface area contributed by atoms with Crippen LogP contribution >= 0.6 is 0 Å². The number of hydrogen-bond donors (Lipinski definition) is 0. The maximum atomic E-state index is 13.7. The Kier molecular flexibility index (Phi) is 4.65. The van der Waals surface area contributed by atoms with Crippen molar-refractivity contribution in [2.75, 3.05) is 7.11 Å². The van der Waals surface area contributed by atoms with Gasteiger partial charge in [0.15, 0.2) is 11.6 Å². The van der Waals surface area contributed by atoms with E-state index in [2.05, 4.69) is 13.0 Å². The molecule has 0 atom stereocenters. The molecule has 0 N–H and O–H groups in total. The Balaban J connectivity index is 2.11. The van der Waals surface area contributed by atoms with Gasteiger partial charge in [-0.1, -0.05) is 19.4 Å². The Morgan fingerprint density at radius 3 is 2.60 bits per heavy atom. The molecule has 0 spiro atoms. The number of nitriles is 1. The van der Waals surface area contributed by atoms with Gasteiger partial charge in [0, 0.05) is 0 Å². The van der Waals surface area contributed by atoms with E-state index in [9.17, 15) is 9.65 Å². The highest BCUT2D eigenvalue weighted by molar-refractivity contribution is 5.30. The molecule has 2 rings (SSSR count). The monoisotopic (exact) mass is 275 g/mol. The Bertz CT molecular complexity index is 498. The van der Waals surface area contributed by atoms with E-state index in [0.717, 1.165) is 37.2 Å². The summed E-state index contributed by atoms with van der Waals surface area (Å²) in [7, 11) is 1.46. The molecule has 2 nitrogen and oxygen atoms in total. The number of halogens is 1. The third kappa shape index (κ3) is 3.12. The van der Waals surface area contributed by atoms with Gasteiger partial charge in [0.2, 0.25) is 0 Å². The highest BCUT2D eigenvalue weighted by Gasteiger charge is 2.35. The fraction of sp³-hybridized carbons (Fsp3) is 0.588. The molecule has 0 radical (unpaired) electrons. The third-order valence-electron chi connectivity index (χ3n) is 4.64. The van der Waals surface area contributed by atoms with Crippen LogP contribution in [0.15, 0.2) is 18.2 Å². The van der Waals surface area contributed by atoms with Crippen LogP contribution in [0.4, 0.5) is 4.39 Å². The Labute approximate surface area is 120 Å². The van der Waals surface area contributed by atoms with Crippen molar-refractivity contribution in [2.45, 2.75) is 45.4 Å². The third-order valence-corrected chi connectivity index (χ3v) is 4.64. The van der Waals surface area contributed by atoms with E-state index >= 15 is 0 Å². The van der Waals surface area contributed by atoms with Gasteiger partial charge < -0.3 is 4.74 Å². The van der Waals surface area contributed by atoms with Gasteiger partial charge in [-0.3, -0.25) is 0 Å². The first kappa shape index (κ1) is 14.8. The summed E-state index contributed by atoms with van der Waals surface area (Å²) in [5.41, 5.74) is 0.576. The lowest BCUT2D eigenvalue weighted by molar-refractivity contribution is 0.205. The lowest BCUT2D eigenvalue weighted by atomic mass is 9.68. The zero-order chi connectivity index (χ0) is 14.6. The number of methoxy groups -OCH3 is 1. The second-order valence-corrected chi connectivity index (χ2v) is 5.89. The minimum absolute atomic E-state index is 0.259. The summed E-state index contributed by atoms with van der Waals surface area (Å²) in [6.45, 7) is 2.21. The van der Waals surface area contributed by atoms with Crippen molar-refractivity contribution < 1.29 is 9.13 Å². The molecule has 1 aliphatic rings. The highest BCUT2D eigenvalue weighted by atomic mass is 19.1. The lowest BCUT2D eigenvalue weighted by Crippen LogP contribution is -2.28. The van der Waals surface area contributed by atoms with E-state index in [-0.39, 0.29) is 17.0 Å². The van der Waals surface area contributed by atoms with Crippen LogP contribution in [0.3, 0.4) is 0 Å². The predicted molar refractivity (Wildman–Crippen MR) is 77.0 cm³/mol. The fourth-order valence-corrected chi connectivity index (χ4v) is 3.18. The summed E-state index contributed by atoms with van der Waals surface area (Å²) in [6, 6.07) is 7.52. The van der Waals surface area contributed by atoms with Crippen LogP contribution in [0.5, 0.6) is 5.75 Å². The van der Waals surface area contributed by atoms with Crippen LogP contribution in [0.25, 0.3) is 0 Å². The topological polar surface area (TPSA) is 33.0 Å². The summed E-state index contributed by atoms with van der Waals surface area (Å²) in [5.74, 6) is 0.666. The average molecular weight is 275 g/mol. The van der Waals surface area contributed by atoms with Gasteiger partial charge in [-0.2, -0.15) is 5.26 Å². The molecule has 0 bridgehead atoms. The van der Waals surface area contributed by atoms with Gasteiger partial charge in [-0.05, 0) is 55.7 Å². The molecule has 0 aromatic heterocycles. The fourth-order valence-electron chi connectivity index (χ4n) is 3.18. The number of hydrogen-bond acceptors (Lipinski definition) is 2. The molecule has 0 heterocycles. The molecule has 3 heteroatoms. The van der Waals surface area contributed by atoms with E-state index in [1.807, 2.05) is 6.07 Å². The second-order valence-electron chi connectivity index (χ2n) is 5.89. The number of ether oxygens (including phenoxy) is 1. The first-order valence-corrected chi connectivity index (χ1v) is 7.36. The first-order valence-electron chi connectivity index (χ1n) is 7.36. The largest absolute Gasteiger partial charge is 0.494 e. The van der Waals surface area contributed by atoms with Crippen LogP contribution in [-0.4, -0.2) is 7.11 Å². The summed E-state index contributed by atoms with van der Waals surface area (Å²) in [6.07, 6.45) is 5.91. The Hall–Kier alpha value is -1.56. The number of nitrogens with zero attached hydrogens (tertiary/aromatic N) is 1. The van der Waals surface area contributed by atoms with Crippen molar-refractivity contribution in [3.63, 3.8) is 0 Å². The Morgan fingerprint density at radius 1 is 1.40 bits per heavy atom. The summed E-state index contributed by atoms with van der Waals surface area (Å²) in [4.78, 5) is 0. The van der Waals surface area contributed by atoms with Crippen molar-refractivity contribution in [1.82, 2.24) is 0 Å². The van der Waals surface area contributed by atoms with Gasteiger partial charge >= 0.3 is 0 Å². The zero-order valence-electron chi connectivity index (χ0n) is 12.3. The Morgan fingerprint density at radius 2 is 2.10 bits per heavy atom. The smallest absolute Gasteiger partial charge is 0.165 e. The van der Waals surface area contributed by atoms with E-state index < -0.39 is 0 Å². The normalized spacial score (nSPS) is 26.0. The number of rotatable bonds is 4. The molecule has 0 amide bonds. The molecule has 1 aliphatic carbocycles. The molecule has 1 aromatic rings. The maximum Gasteiger partial charge on any atom is 0.165 e. The van der Waals surface area contributed by atoms with Crippen LogP contribution < -0.4 is 4.74 Å². The molecule has 0 saturated heterocycles. The van der Waals surface area contributed by atoms with Gasteiger partial charge in [0.25, 0.3) is 0 Å². The molecule has 20 heavy (non-hydrogen) atoms. The van der Waals surface area contributed by atoms with Crippen molar-refractivity contribution in [3.8, 4) is 11.8 Å². The zero-order valence-corrected chi connectivity index (χ0v) is 12.3. The molecule has 1 aromatic carbocycles. The molecule has 1 fully saturated rings. The highest BCUT2D eigenvalue weighted by Crippen LogP contribution is 2.42. The van der Waals surface area contributed by atoms with Gasteiger partial charge in [0.1, 0.15) is 0 Å². The van der Waals surface area contributed by atoms with Crippen molar-refractivity contribution in [3.05, 3.63) is 29.6 Å². The number of benzene rings is 1. The maximum absolute atomic E-state index is 13.7. The van der Waals surface area contributed by atoms with E-state index in [1.54, 1.807) is 6.07 Å². The quantitative estimate of drug-likeness (QED) is 0.811. The molecule has 1 saturated carbocycles. The summed E-state index contributed by atoms with van der Waals surface area (Å²) < 4.78 is 18.7. The van der Waals surface area contributed by atoms with Crippen molar-refractivity contribution >= 4 is 0 Å². The van der Waals surface area contributed by atoms with Crippen molar-refractivity contribution in [2.24, 2.45) is 11.3 Å². The molecule has 0 aliphatic heterocycles. The summed E-state index contributed by atoms with van der Waals surface area (Å²) >= 11 is 0. The van der Waals surface area contributed by atoms with E-state index in [0.29, 0.717) is 6.42 Å². The average Bonchev–Trinajstić information content (AvgIpc) is 2.48. The summed E-state index contributed by atoms with van der Waals surface area (Å²) in [5, 5.41) is 9.56. The van der Waals surface area contributed by atoms with Gasteiger partial charge in [0.05, 0.1) is 18.6 Å². The SMILES string of the molecule is CCC1CCC(C#N)(Cc2ccc(OC)c(F)c2)CC1. The first-order chi connectivity index (χ1) is 9.62. The van der Waals surface area contributed by atoms with Gasteiger partial charge in [-0.15, -0.1) is 0 Å². The van der Waals surface area contributed by atoms with Crippen molar-refractivity contribution in [1.29, 1.82) is 5.26 Å². The molecule has 108 valence electrons. The predicted octanol–water partition coefficient (Wildman–Crippen LogP) is 4.49. The van der Waals surface area contributed by atoms with E-state index in [4.69, 9.17) is 4.74 Å². The standard InChI is InChI=1S/C17H22FNO/c1-3-13-6-8-17(12-19,9-7-13)11-14-4-5-16(20-2)15(18)10-14/h4-5,10,13H,3,6-9,11H2,1-2H3. The second kappa shape index (κ2) is 6.26.